The second-order valence-corrected chi connectivity index (χ2v) is 7.62. The van der Waals surface area contributed by atoms with Crippen LogP contribution in [-0.2, 0) is 4.79 Å². The Morgan fingerprint density at radius 3 is 2.60 bits per heavy atom. The van der Waals surface area contributed by atoms with Crippen molar-refractivity contribution in [3.05, 3.63) is 86.8 Å². The molecule has 3 aromatic rings. The van der Waals surface area contributed by atoms with Gasteiger partial charge in [-0.1, -0.05) is 29.5 Å². The van der Waals surface area contributed by atoms with Crippen LogP contribution in [0.25, 0.3) is 11.6 Å². The minimum atomic E-state index is -0.491. The van der Waals surface area contributed by atoms with Gasteiger partial charge in [0.25, 0.3) is 18.1 Å². The first-order chi connectivity index (χ1) is 14.6. The number of thiophene rings is 1. The second-order valence-electron chi connectivity index (χ2n) is 6.57. The normalized spacial score (nSPS) is 13.1. The van der Waals surface area contributed by atoms with Crippen molar-refractivity contribution in [2.24, 2.45) is 0 Å². The molecule has 0 saturated heterocycles. The molecule has 0 bridgehead atoms. The number of fused-ring (bicyclic) bond motifs is 1. The quantitative estimate of drug-likeness (QED) is 0.337. The average molecular weight is 420 g/mol. The molecular formula is C22H16N2O5S. The molecule has 0 saturated carbocycles. The van der Waals surface area contributed by atoms with Gasteiger partial charge in [0.15, 0.2) is 5.06 Å². The molecule has 2 aromatic carbocycles. The number of carbonyl (C=O) groups excluding carboxylic acids is 2. The van der Waals surface area contributed by atoms with Crippen LogP contribution in [0, 0.1) is 10.1 Å². The number of ether oxygens (including phenoxy) is 1. The Morgan fingerprint density at radius 1 is 1.10 bits per heavy atom. The van der Waals surface area contributed by atoms with Gasteiger partial charge in [0, 0.05) is 29.1 Å². The number of benzene rings is 2. The summed E-state index contributed by atoms with van der Waals surface area (Å²) in [6.07, 6.45) is 2.64. The van der Waals surface area contributed by atoms with Gasteiger partial charge in [-0.25, -0.2) is 0 Å². The van der Waals surface area contributed by atoms with Gasteiger partial charge in [-0.3, -0.25) is 19.7 Å². The minimum Gasteiger partial charge on any atom is -0.418 e. The van der Waals surface area contributed by atoms with Crippen molar-refractivity contribution in [1.82, 2.24) is 0 Å². The van der Waals surface area contributed by atoms with Crippen molar-refractivity contribution >= 4 is 46.7 Å². The largest absolute Gasteiger partial charge is 0.418 e. The zero-order valence-corrected chi connectivity index (χ0v) is 16.5. The molecule has 7 nitrogen and oxygen atoms in total. The van der Waals surface area contributed by atoms with Gasteiger partial charge in [0.1, 0.15) is 0 Å². The van der Waals surface area contributed by atoms with E-state index in [-0.39, 0.29) is 11.6 Å². The fourth-order valence-corrected chi connectivity index (χ4v) is 4.23. The van der Waals surface area contributed by atoms with Crippen LogP contribution >= 0.6 is 11.3 Å². The third-order valence-corrected chi connectivity index (χ3v) is 5.85. The summed E-state index contributed by atoms with van der Waals surface area (Å²) in [5.74, 6) is -0.219. The van der Waals surface area contributed by atoms with Crippen molar-refractivity contribution in [2.75, 3.05) is 11.4 Å². The number of carbonyl (C=O) groups is 2. The summed E-state index contributed by atoms with van der Waals surface area (Å²) >= 11 is 1.37. The Morgan fingerprint density at radius 2 is 1.87 bits per heavy atom. The Bertz CT molecular complexity index is 1150. The molecular weight excluding hydrogens is 404 g/mol. The molecule has 0 radical (unpaired) electrons. The predicted molar refractivity (Wildman–Crippen MR) is 115 cm³/mol. The number of amides is 1. The highest BCUT2D eigenvalue weighted by molar-refractivity contribution is 7.15. The maximum Gasteiger partial charge on any atom is 0.299 e. The van der Waals surface area contributed by atoms with Gasteiger partial charge < -0.3 is 9.64 Å². The fourth-order valence-electron chi connectivity index (χ4n) is 3.36. The van der Waals surface area contributed by atoms with E-state index >= 15 is 0 Å². The molecule has 1 amide bonds. The fraction of sp³-hybridized carbons (Fsp3) is 0.0909. The minimum absolute atomic E-state index is 0.0576. The average Bonchev–Trinajstić information content (AvgIpc) is 3.13. The van der Waals surface area contributed by atoms with Gasteiger partial charge in [-0.15, -0.1) is 0 Å². The monoisotopic (exact) mass is 420 g/mol. The van der Waals surface area contributed by atoms with Gasteiger partial charge >= 0.3 is 0 Å². The lowest BCUT2D eigenvalue weighted by Gasteiger charge is -2.23. The van der Waals surface area contributed by atoms with E-state index in [4.69, 9.17) is 4.74 Å². The zero-order chi connectivity index (χ0) is 21.1. The van der Waals surface area contributed by atoms with Crippen LogP contribution in [0.1, 0.15) is 27.2 Å². The maximum absolute atomic E-state index is 13.2. The Balaban J connectivity index is 1.65. The Labute approximate surface area is 176 Å². The Hall–Kier alpha value is -3.78. The van der Waals surface area contributed by atoms with Gasteiger partial charge in [0.2, 0.25) is 0 Å². The highest BCUT2D eigenvalue weighted by atomic mass is 32.1. The molecule has 2 heterocycles. The topological polar surface area (TPSA) is 89.8 Å². The lowest BCUT2D eigenvalue weighted by Crippen LogP contribution is -2.32. The summed E-state index contributed by atoms with van der Waals surface area (Å²) in [7, 11) is 0. The maximum atomic E-state index is 13.2. The van der Waals surface area contributed by atoms with E-state index in [1.54, 1.807) is 11.0 Å². The van der Waals surface area contributed by atoms with Crippen molar-refractivity contribution in [3.8, 4) is 5.06 Å². The summed E-state index contributed by atoms with van der Waals surface area (Å²) in [5, 5.41) is 11.4. The highest BCUT2D eigenvalue weighted by Gasteiger charge is 2.24. The van der Waals surface area contributed by atoms with Crippen LogP contribution in [0.4, 0.5) is 11.4 Å². The summed E-state index contributed by atoms with van der Waals surface area (Å²) in [4.78, 5) is 36.8. The number of nitro groups is 1. The van der Waals surface area contributed by atoms with Gasteiger partial charge in [-0.05, 0) is 54.0 Å². The van der Waals surface area contributed by atoms with Crippen LogP contribution in [0.5, 0.6) is 5.06 Å². The third kappa shape index (κ3) is 3.85. The molecule has 0 aliphatic carbocycles. The van der Waals surface area contributed by atoms with Crippen molar-refractivity contribution in [3.63, 3.8) is 0 Å². The molecule has 1 aliphatic rings. The third-order valence-electron chi connectivity index (χ3n) is 4.79. The van der Waals surface area contributed by atoms with Crippen LogP contribution in [-0.4, -0.2) is 23.8 Å². The van der Waals surface area contributed by atoms with Crippen LogP contribution in [0.3, 0.4) is 0 Å². The molecule has 1 aromatic heterocycles. The smallest absolute Gasteiger partial charge is 0.299 e. The number of hydrogen-bond acceptors (Lipinski definition) is 6. The van der Waals surface area contributed by atoms with Crippen LogP contribution < -0.4 is 9.64 Å². The molecule has 150 valence electrons. The first-order valence-electron chi connectivity index (χ1n) is 9.13. The van der Waals surface area contributed by atoms with E-state index in [0.29, 0.717) is 30.1 Å². The van der Waals surface area contributed by atoms with E-state index in [2.05, 4.69) is 0 Å². The number of hydrogen-bond donors (Lipinski definition) is 0. The molecule has 4 rings (SSSR count). The summed E-state index contributed by atoms with van der Waals surface area (Å²) in [6, 6.07) is 16.9. The van der Waals surface area contributed by atoms with E-state index in [1.807, 2.05) is 36.4 Å². The van der Waals surface area contributed by atoms with Crippen molar-refractivity contribution in [1.29, 1.82) is 0 Å². The molecule has 0 atom stereocenters. The molecule has 30 heavy (non-hydrogen) atoms. The first-order valence-corrected chi connectivity index (χ1v) is 9.95. The van der Waals surface area contributed by atoms with Crippen LogP contribution in [0.15, 0.2) is 60.7 Å². The molecule has 0 N–H and O–H groups in total. The van der Waals surface area contributed by atoms with Crippen molar-refractivity contribution < 1.29 is 19.2 Å². The lowest BCUT2D eigenvalue weighted by molar-refractivity contribution is -0.384. The molecule has 8 heteroatoms. The SMILES string of the molecule is O=COc1ccc(C2=Cc3ccccc3N(C(=O)c3ccc([N+](=O)[O-])cc3)CC2)s1. The van der Waals surface area contributed by atoms with Gasteiger partial charge in [0.05, 0.1) is 10.6 Å². The zero-order valence-electron chi connectivity index (χ0n) is 15.7. The standard InChI is InChI=1S/C22H16N2O5S/c25-14-29-21-10-9-20(30-21)17-11-12-23(19-4-2-1-3-16(19)13-17)22(26)15-5-7-18(8-6-15)24(27)28/h1-10,13-14H,11-12H2. The molecule has 0 unspecified atom stereocenters. The van der Waals surface area contributed by atoms with E-state index in [1.165, 1.54) is 35.6 Å². The predicted octanol–water partition coefficient (Wildman–Crippen LogP) is 4.78. The van der Waals surface area contributed by atoms with Crippen molar-refractivity contribution in [2.45, 2.75) is 6.42 Å². The van der Waals surface area contributed by atoms with E-state index < -0.39 is 4.92 Å². The highest BCUT2D eigenvalue weighted by Crippen LogP contribution is 2.37. The summed E-state index contributed by atoms with van der Waals surface area (Å²) < 4.78 is 4.92. The number of non-ortho nitro benzene ring substituents is 1. The van der Waals surface area contributed by atoms with Crippen LogP contribution in [0.2, 0.25) is 0 Å². The molecule has 1 aliphatic heterocycles. The number of anilines is 1. The van der Waals surface area contributed by atoms with E-state index in [0.717, 1.165) is 21.7 Å². The number of nitrogens with zero attached hydrogens (tertiary/aromatic N) is 2. The number of para-hydroxylation sites is 1. The van der Waals surface area contributed by atoms with E-state index in [9.17, 15) is 19.7 Å². The summed E-state index contributed by atoms with van der Waals surface area (Å²) in [5.41, 5.74) is 3.03. The number of rotatable bonds is 5. The Kier molecular flexibility index (Phi) is 5.40. The van der Waals surface area contributed by atoms with Gasteiger partial charge in [-0.2, -0.15) is 0 Å². The summed E-state index contributed by atoms with van der Waals surface area (Å²) in [6.45, 7) is 0.845. The second kappa shape index (κ2) is 8.30. The first kappa shape index (κ1) is 19.5. The lowest BCUT2D eigenvalue weighted by atomic mass is 10.1. The number of nitro benzene ring substituents is 1. The molecule has 0 fully saturated rings. The molecule has 0 spiro atoms.